The predicted molar refractivity (Wildman–Crippen MR) is 57.2 cm³/mol. The topological polar surface area (TPSA) is 27.1 Å². The van der Waals surface area contributed by atoms with Crippen LogP contribution in [0.4, 0.5) is 0 Å². The van der Waals surface area contributed by atoms with E-state index < -0.39 is 0 Å². The third kappa shape index (κ3) is 3.14. The second kappa shape index (κ2) is 4.60. The molecule has 0 N–H and O–H groups in total. The molecule has 0 unspecified atom stereocenters. The first-order valence-electron chi connectivity index (χ1n) is 5.01. The molecule has 1 heterocycles. The van der Waals surface area contributed by atoms with Gasteiger partial charge in [-0.15, -0.1) is 0 Å². The molecule has 0 aromatic carbocycles. The fraction of sp³-hybridized carbons (Fsp3) is 0.727. The number of rotatable bonds is 5. The van der Waals surface area contributed by atoms with E-state index in [1.807, 2.05) is 12.5 Å². The van der Waals surface area contributed by atoms with Gasteiger partial charge in [-0.25, -0.2) is 4.98 Å². The zero-order chi connectivity index (χ0) is 10.6. The van der Waals surface area contributed by atoms with Crippen molar-refractivity contribution in [3.05, 3.63) is 18.2 Å². The van der Waals surface area contributed by atoms with Gasteiger partial charge < -0.3 is 9.30 Å². The van der Waals surface area contributed by atoms with Gasteiger partial charge in [-0.1, -0.05) is 13.8 Å². The number of aromatic nitrogens is 2. The van der Waals surface area contributed by atoms with Crippen LogP contribution in [0.3, 0.4) is 0 Å². The van der Waals surface area contributed by atoms with E-state index in [1.165, 1.54) is 5.69 Å². The van der Waals surface area contributed by atoms with E-state index in [1.54, 1.807) is 7.11 Å². The van der Waals surface area contributed by atoms with Crippen molar-refractivity contribution in [3.63, 3.8) is 0 Å². The Morgan fingerprint density at radius 2 is 2.21 bits per heavy atom. The summed E-state index contributed by atoms with van der Waals surface area (Å²) in [6.45, 7) is 8.42. The number of imidazole rings is 1. The van der Waals surface area contributed by atoms with E-state index in [9.17, 15) is 0 Å². The summed E-state index contributed by atoms with van der Waals surface area (Å²) in [5.74, 6) is 0. The molecule has 0 bridgehead atoms. The molecule has 1 aromatic rings. The van der Waals surface area contributed by atoms with Crippen molar-refractivity contribution in [1.29, 1.82) is 0 Å². The second-order valence-corrected chi connectivity index (χ2v) is 4.57. The number of aryl methyl sites for hydroxylation is 1. The lowest BCUT2D eigenvalue weighted by Gasteiger charge is -2.25. The highest BCUT2D eigenvalue weighted by Gasteiger charge is 2.18. The summed E-state index contributed by atoms with van der Waals surface area (Å²) >= 11 is 0. The zero-order valence-corrected chi connectivity index (χ0v) is 9.58. The molecule has 0 aliphatic carbocycles. The molecule has 1 rings (SSSR count). The number of hydrogen-bond acceptors (Lipinski definition) is 2. The maximum atomic E-state index is 5.10. The molecule has 0 atom stereocenters. The highest BCUT2D eigenvalue weighted by molar-refractivity contribution is 4.95. The Kier molecular flexibility index (Phi) is 3.69. The molecule has 0 fully saturated rings. The van der Waals surface area contributed by atoms with Crippen LogP contribution in [0.15, 0.2) is 12.5 Å². The SMILES string of the molecule is COCCC(C)(C)Cn1cncc1C. The van der Waals surface area contributed by atoms with Crippen molar-refractivity contribution >= 4 is 0 Å². The van der Waals surface area contributed by atoms with Crippen molar-refractivity contribution in [2.75, 3.05) is 13.7 Å². The normalized spacial score (nSPS) is 12.0. The molecule has 0 aliphatic rings. The third-order valence-electron chi connectivity index (χ3n) is 2.50. The monoisotopic (exact) mass is 196 g/mol. The van der Waals surface area contributed by atoms with Gasteiger partial charge in [0.25, 0.3) is 0 Å². The van der Waals surface area contributed by atoms with Crippen LogP contribution >= 0.6 is 0 Å². The van der Waals surface area contributed by atoms with Crippen LogP contribution in [0.5, 0.6) is 0 Å². The minimum Gasteiger partial charge on any atom is -0.385 e. The molecule has 0 amide bonds. The Labute approximate surface area is 86.1 Å². The maximum Gasteiger partial charge on any atom is 0.0948 e. The Morgan fingerprint density at radius 3 is 2.71 bits per heavy atom. The highest BCUT2D eigenvalue weighted by atomic mass is 16.5. The van der Waals surface area contributed by atoms with Crippen LogP contribution in [0.25, 0.3) is 0 Å². The summed E-state index contributed by atoms with van der Waals surface area (Å²) in [6, 6.07) is 0. The molecule has 0 aliphatic heterocycles. The molecule has 0 spiro atoms. The average molecular weight is 196 g/mol. The summed E-state index contributed by atoms with van der Waals surface area (Å²) in [5, 5.41) is 0. The first kappa shape index (κ1) is 11.2. The molecule has 0 saturated carbocycles. The van der Waals surface area contributed by atoms with Gasteiger partial charge in [0.2, 0.25) is 0 Å². The molecule has 0 saturated heterocycles. The summed E-state index contributed by atoms with van der Waals surface area (Å²) < 4.78 is 7.29. The van der Waals surface area contributed by atoms with Gasteiger partial charge in [0.1, 0.15) is 0 Å². The van der Waals surface area contributed by atoms with Gasteiger partial charge in [0.05, 0.1) is 6.33 Å². The molecule has 3 heteroatoms. The fourth-order valence-electron chi connectivity index (χ4n) is 1.47. The molecule has 0 radical (unpaired) electrons. The van der Waals surface area contributed by atoms with Gasteiger partial charge in [-0.2, -0.15) is 0 Å². The molecule has 80 valence electrons. The molecule has 14 heavy (non-hydrogen) atoms. The van der Waals surface area contributed by atoms with Crippen molar-refractivity contribution in [2.24, 2.45) is 5.41 Å². The minimum absolute atomic E-state index is 0.265. The van der Waals surface area contributed by atoms with E-state index in [-0.39, 0.29) is 5.41 Å². The predicted octanol–water partition coefficient (Wildman–Crippen LogP) is 2.25. The smallest absolute Gasteiger partial charge is 0.0948 e. The van der Waals surface area contributed by atoms with E-state index in [4.69, 9.17) is 4.74 Å². The summed E-state index contributed by atoms with van der Waals surface area (Å²) in [7, 11) is 1.75. The summed E-state index contributed by atoms with van der Waals surface area (Å²) in [5.41, 5.74) is 1.48. The lowest BCUT2D eigenvalue weighted by Crippen LogP contribution is -2.21. The van der Waals surface area contributed by atoms with E-state index >= 15 is 0 Å². The zero-order valence-electron chi connectivity index (χ0n) is 9.58. The van der Waals surface area contributed by atoms with Gasteiger partial charge in [-0.05, 0) is 18.8 Å². The van der Waals surface area contributed by atoms with E-state index in [2.05, 4.69) is 30.3 Å². The first-order valence-corrected chi connectivity index (χ1v) is 5.01. The molecule has 3 nitrogen and oxygen atoms in total. The lowest BCUT2D eigenvalue weighted by molar-refractivity contribution is 0.142. The standard InChI is InChI=1S/C11H20N2O/c1-10-7-12-9-13(10)8-11(2,3)5-6-14-4/h7,9H,5-6,8H2,1-4H3. The number of ether oxygens (including phenoxy) is 1. The summed E-state index contributed by atoms with van der Waals surface area (Å²) in [4.78, 5) is 4.12. The number of nitrogens with zero attached hydrogens (tertiary/aromatic N) is 2. The van der Waals surface area contributed by atoms with Crippen LogP contribution in [0.1, 0.15) is 26.0 Å². The van der Waals surface area contributed by atoms with Crippen molar-refractivity contribution in [1.82, 2.24) is 9.55 Å². The second-order valence-electron chi connectivity index (χ2n) is 4.57. The quantitative estimate of drug-likeness (QED) is 0.722. The number of hydrogen-bond donors (Lipinski definition) is 0. The minimum atomic E-state index is 0.265. The number of methoxy groups -OCH3 is 1. The van der Waals surface area contributed by atoms with Gasteiger partial charge >= 0.3 is 0 Å². The molecular formula is C11H20N2O. The third-order valence-corrected chi connectivity index (χ3v) is 2.50. The van der Waals surface area contributed by atoms with E-state index in [0.29, 0.717) is 0 Å². The van der Waals surface area contributed by atoms with Crippen molar-refractivity contribution in [2.45, 2.75) is 33.7 Å². The Balaban J connectivity index is 2.54. The van der Waals surface area contributed by atoms with Crippen LogP contribution < -0.4 is 0 Å². The largest absolute Gasteiger partial charge is 0.385 e. The highest BCUT2D eigenvalue weighted by Crippen LogP contribution is 2.23. The van der Waals surface area contributed by atoms with Gasteiger partial charge in [-0.3, -0.25) is 0 Å². The van der Waals surface area contributed by atoms with Gasteiger partial charge in [0.15, 0.2) is 0 Å². The fourth-order valence-corrected chi connectivity index (χ4v) is 1.47. The van der Waals surface area contributed by atoms with Crippen LogP contribution in [0.2, 0.25) is 0 Å². The van der Waals surface area contributed by atoms with Crippen molar-refractivity contribution in [3.8, 4) is 0 Å². The first-order chi connectivity index (χ1) is 6.55. The van der Waals surface area contributed by atoms with Crippen LogP contribution in [-0.2, 0) is 11.3 Å². The van der Waals surface area contributed by atoms with E-state index in [0.717, 1.165) is 19.6 Å². The molecule has 1 aromatic heterocycles. The molecular weight excluding hydrogens is 176 g/mol. The van der Waals surface area contributed by atoms with Gasteiger partial charge in [0, 0.05) is 32.2 Å². The van der Waals surface area contributed by atoms with Crippen LogP contribution in [0, 0.1) is 12.3 Å². The maximum absolute atomic E-state index is 5.10. The average Bonchev–Trinajstić information content (AvgIpc) is 2.48. The summed E-state index contributed by atoms with van der Waals surface area (Å²) in [6.07, 6.45) is 4.86. The Morgan fingerprint density at radius 1 is 1.50 bits per heavy atom. The van der Waals surface area contributed by atoms with Crippen LogP contribution in [-0.4, -0.2) is 23.3 Å². The van der Waals surface area contributed by atoms with Crippen molar-refractivity contribution < 1.29 is 4.74 Å². The lowest BCUT2D eigenvalue weighted by atomic mass is 9.89. The Bertz CT molecular complexity index is 279. The Hall–Kier alpha value is -0.830.